The van der Waals surface area contributed by atoms with Crippen molar-refractivity contribution < 1.29 is 4.79 Å². The van der Waals surface area contributed by atoms with E-state index in [0.717, 1.165) is 25.8 Å². The number of nitrogens with two attached hydrogens (primary N) is 1. The van der Waals surface area contributed by atoms with Crippen molar-refractivity contribution in [3.05, 3.63) is 0 Å². The SMILES string of the molecule is CCCN(CC(=O)N(C)C(C)C)C1(CN)CCCCC1. The summed E-state index contributed by atoms with van der Waals surface area (Å²) in [5, 5.41) is 0. The maximum Gasteiger partial charge on any atom is 0.236 e. The van der Waals surface area contributed by atoms with E-state index in [-0.39, 0.29) is 17.5 Å². The molecule has 0 unspecified atom stereocenters. The quantitative estimate of drug-likeness (QED) is 0.779. The van der Waals surface area contributed by atoms with Crippen molar-refractivity contribution in [2.75, 3.05) is 26.7 Å². The van der Waals surface area contributed by atoms with Crippen LogP contribution in [-0.4, -0.2) is 54.0 Å². The molecule has 0 aromatic heterocycles. The van der Waals surface area contributed by atoms with Crippen LogP contribution < -0.4 is 5.73 Å². The van der Waals surface area contributed by atoms with Crippen LogP contribution in [0.1, 0.15) is 59.3 Å². The normalized spacial score (nSPS) is 18.6. The fourth-order valence-corrected chi connectivity index (χ4v) is 3.18. The molecule has 0 saturated heterocycles. The summed E-state index contributed by atoms with van der Waals surface area (Å²) in [7, 11) is 1.90. The van der Waals surface area contributed by atoms with Gasteiger partial charge in [0.1, 0.15) is 0 Å². The van der Waals surface area contributed by atoms with Gasteiger partial charge in [-0.1, -0.05) is 26.2 Å². The highest BCUT2D eigenvalue weighted by molar-refractivity contribution is 5.78. The molecular formula is C16H33N3O. The molecule has 1 fully saturated rings. The minimum absolute atomic E-state index is 0.0573. The molecule has 0 bridgehead atoms. The van der Waals surface area contributed by atoms with Crippen molar-refractivity contribution in [2.24, 2.45) is 5.73 Å². The molecule has 20 heavy (non-hydrogen) atoms. The Morgan fingerprint density at radius 1 is 1.25 bits per heavy atom. The number of rotatable bonds is 7. The molecule has 0 aromatic rings. The lowest BCUT2D eigenvalue weighted by atomic mass is 9.80. The van der Waals surface area contributed by atoms with E-state index in [1.54, 1.807) is 0 Å². The second-order valence-corrected chi connectivity index (χ2v) is 6.51. The molecule has 0 aromatic carbocycles. The van der Waals surface area contributed by atoms with Crippen molar-refractivity contribution in [2.45, 2.75) is 70.9 Å². The van der Waals surface area contributed by atoms with Crippen LogP contribution in [0.25, 0.3) is 0 Å². The predicted molar refractivity (Wildman–Crippen MR) is 84.6 cm³/mol. The lowest BCUT2D eigenvalue weighted by molar-refractivity contribution is -0.134. The maximum absolute atomic E-state index is 12.4. The van der Waals surface area contributed by atoms with Crippen LogP contribution in [0, 0.1) is 0 Å². The largest absolute Gasteiger partial charge is 0.342 e. The third-order valence-corrected chi connectivity index (χ3v) is 4.82. The molecule has 1 saturated carbocycles. The molecule has 118 valence electrons. The standard InChI is InChI=1S/C16H33N3O/c1-5-11-19(12-15(20)18(4)14(2)3)16(13-17)9-7-6-8-10-16/h14H,5-13,17H2,1-4H3. The molecule has 1 aliphatic rings. The molecule has 1 aliphatic carbocycles. The predicted octanol–water partition coefficient (Wildman–Crippen LogP) is 2.23. The van der Waals surface area contributed by atoms with E-state index in [0.29, 0.717) is 13.1 Å². The second-order valence-electron chi connectivity index (χ2n) is 6.51. The van der Waals surface area contributed by atoms with Gasteiger partial charge in [0, 0.05) is 25.2 Å². The van der Waals surface area contributed by atoms with Crippen molar-refractivity contribution >= 4 is 5.91 Å². The first kappa shape index (κ1) is 17.4. The number of carbonyl (C=O) groups is 1. The first-order chi connectivity index (χ1) is 9.46. The number of hydrogen-bond donors (Lipinski definition) is 1. The third-order valence-electron chi connectivity index (χ3n) is 4.82. The van der Waals surface area contributed by atoms with Crippen LogP contribution in [0.15, 0.2) is 0 Å². The van der Waals surface area contributed by atoms with Gasteiger partial charge >= 0.3 is 0 Å². The number of hydrogen-bond acceptors (Lipinski definition) is 3. The molecule has 0 atom stereocenters. The van der Waals surface area contributed by atoms with Gasteiger partial charge in [-0.25, -0.2) is 0 Å². The zero-order valence-corrected chi connectivity index (χ0v) is 13.8. The Labute approximate surface area is 124 Å². The monoisotopic (exact) mass is 283 g/mol. The van der Waals surface area contributed by atoms with Gasteiger partial charge in [-0.15, -0.1) is 0 Å². The molecular weight excluding hydrogens is 250 g/mol. The molecule has 2 N–H and O–H groups in total. The first-order valence-corrected chi connectivity index (χ1v) is 8.17. The summed E-state index contributed by atoms with van der Waals surface area (Å²) < 4.78 is 0. The first-order valence-electron chi connectivity index (χ1n) is 8.17. The molecule has 0 heterocycles. The van der Waals surface area contributed by atoms with E-state index < -0.39 is 0 Å². The van der Waals surface area contributed by atoms with E-state index in [1.165, 1.54) is 19.3 Å². The van der Waals surface area contributed by atoms with Crippen LogP contribution >= 0.6 is 0 Å². The van der Waals surface area contributed by atoms with E-state index in [1.807, 2.05) is 11.9 Å². The number of carbonyl (C=O) groups excluding carboxylic acids is 1. The van der Waals surface area contributed by atoms with E-state index in [9.17, 15) is 4.79 Å². The molecule has 4 nitrogen and oxygen atoms in total. The maximum atomic E-state index is 12.4. The highest BCUT2D eigenvalue weighted by Gasteiger charge is 2.37. The summed E-state index contributed by atoms with van der Waals surface area (Å²) >= 11 is 0. The van der Waals surface area contributed by atoms with Gasteiger partial charge < -0.3 is 10.6 Å². The van der Waals surface area contributed by atoms with Gasteiger partial charge in [0.15, 0.2) is 0 Å². The average Bonchev–Trinajstić information content (AvgIpc) is 2.46. The summed E-state index contributed by atoms with van der Waals surface area (Å²) in [4.78, 5) is 16.6. The molecule has 0 spiro atoms. The Bertz CT molecular complexity index is 298. The zero-order valence-electron chi connectivity index (χ0n) is 13.8. The van der Waals surface area contributed by atoms with Crippen LogP contribution in [0.5, 0.6) is 0 Å². The summed E-state index contributed by atoms with van der Waals surface area (Å²) in [6, 6.07) is 0.256. The van der Waals surface area contributed by atoms with E-state index >= 15 is 0 Å². The summed E-state index contributed by atoms with van der Waals surface area (Å²) in [5.41, 5.74) is 6.17. The zero-order chi connectivity index (χ0) is 15.2. The Hall–Kier alpha value is -0.610. The Morgan fingerprint density at radius 3 is 2.30 bits per heavy atom. The van der Waals surface area contributed by atoms with Crippen molar-refractivity contribution in [1.29, 1.82) is 0 Å². The van der Waals surface area contributed by atoms with Crippen LogP contribution in [0.4, 0.5) is 0 Å². The Balaban J connectivity index is 2.78. The molecule has 0 aliphatic heterocycles. The second kappa shape index (κ2) is 7.99. The topological polar surface area (TPSA) is 49.6 Å². The number of nitrogens with zero attached hydrogens (tertiary/aromatic N) is 2. The lowest BCUT2D eigenvalue weighted by Crippen LogP contribution is -2.58. The van der Waals surface area contributed by atoms with Gasteiger partial charge in [-0.05, 0) is 39.7 Å². The summed E-state index contributed by atoms with van der Waals surface area (Å²) in [6.07, 6.45) is 7.14. The fraction of sp³-hybridized carbons (Fsp3) is 0.938. The van der Waals surface area contributed by atoms with Crippen LogP contribution in [0.2, 0.25) is 0 Å². The van der Waals surface area contributed by atoms with Crippen molar-refractivity contribution in [1.82, 2.24) is 9.80 Å². The molecule has 0 radical (unpaired) electrons. The van der Waals surface area contributed by atoms with Crippen LogP contribution in [-0.2, 0) is 4.79 Å². The Kier molecular flexibility index (Phi) is 6.96. The van der Waals surface area contributed by atoms with E-state index in [2.05, 4.69) is 25.7 Å². The lowest BCUT2D eigenvalue weighted by Gasteiger charge is -2.46. The van der Waals surface area contributed by atoms with Crippen LogP contribution in [0.3, 0.4) is 0 Å². The van der Waals surface area contributed by atoms with Gasteiger partial charge in [0.2, 0.25) is 5.91 Å². The highest BCUT2D eigenvalue weighted by atomic mass is 16.2. The fourth-order valence-electron chi connectivity index (χ4n) is 3.18. The highest BCUT2D eigenvalue weighted by Crippen LogP contribution is 2.33. The van der Waals surface area contributed by atoms with Gasteiger partial charge in [0.25, 0.3) is 0 Å². The number of amides is 1. The van der Waals surface area contributed by atoms with Gasteiger partial charge in [-0.3, -0.25) is 9.69 Å². The molecule has 4 heteroatoms. The average molecular weight is 283 g/mol. The minimum atomic E-state index is 0.0573. The molecule has 1 amide bonds. The smallest absolute Gasteiger partial charge is 0.236 e. The third kappa shape index (κ3) is 4.19. The number of likely N-dealkylation sites (N-methyl/N-ethyl adjacent to an activating group) is 1. The molecule has 1 rings (SSSR count). The van der Waals surface area contributed by atoms with Gasteiger partial charge in [0.05, 0.1) is 6.54 Å². The van der Waals surface area contributed by atoms with Crippen molar-refractivity contribution in [3.63, 3.8) is 0 Å². The summed E-state index contributed by atoms with van der Waals surface area (Å²) in [6.45, 7) is 8.44. The van der Waals surface area contributed by atoms with Crippen molar-refractivity contribution in [3.8, 4) is 0 Å². The van der Waals surface area contributed by atoms with E-state index in [4.69, 9.17) is 5.73 Å². The minimum Gasteiger partial charge on any atom is -0.342 e. The summed E-state index contributed by atoms with van der Waals surface area (Å²) in [5.74, 6) is 0.215. The Morgan fingerprint density at radius 2 is 1.85 bits per heavy atom. The van der Waals surface area contributed by atoms with Gasteiger partial charge in [-0.2, -0.15) is 0 Å².